The van der Waals surface area contributed by atoms with Crippen molar-refractivity contribution in [3.63, 3.8) is 0 Å². The standard InChI is InChI=1S/C19H35N5O7/c1-9(2)6-12(18(30)24-13(8-25)17(29)21-7-14(26)27)23-16(28)11(5)22-19(31)15(20)10(3)4/h9-13,15,25H,6-8,20H2,1-5H3,(H,21,29)(H,22,31)(H,23,28)(H,24,30)(H,26,27)/t11-,12-,13-,15-/m0/s1. The van der Waals surface area contributed by atoms with Crippen molar-refractivity contribution >= 4 is 29.6 Å². The number of carboxylic acids is 1. The van der Waals surface area contributed by atoms with E-state index in [2.05, 4.69) is 21.3 Å². The summed E-state index contributed by atoms with van der Waals surface area (Å²) in [5, 5.41) is 27.4. The van der Waals surface area contributed by atoms with Crippen LogP contribution in [0.2, 0.25) is 0 Å². The van der Waals surface area contributed by atoms with E-state index in [0.29, 0.717) is 0 Å². The van der Waals surface area contributed by atoms with Gasteiger partial charge < -0.3 is 37.2 Å². The highest BCUT2D eigenvalue weighted by Gasteiger charge is 2.29. The van der Waals surface area contributed by atoms with Crippen molar-refractivity contribution < 1.29 is 34.2 Å². The van der Waals surface area contributed by atoms with Gasteiger partial charge in [0.1, 0.15) is 24.7 Å². The average molecular weight is 446 g/mol. The van der Waals surface area contributed by atoms with Gasteiger partial charge in [-0.3, -0.25) is 24.0 Å². The maximum atomic E-state index is 12.6. The highest BCUT2D eigenvalue weighted by Crippen LogP contribution is 2.06. The predicted octanol–water partition coefficient (Wildman–Crippen LogP) is -2.32. The van der Waals surface area contributed by atoms with Crippen molar-refractivity contribution in [2.24, 2.45) is 17.6 Å². The zero-order valence-corrected chi connectivity index (χ0v) is 18.6. The zero-order valence-electron chi connectivity index (χ0n) is 18.6. The summed E-state index contributed by atoms with van der Waals surface area (Å²) in [6, 6.07) is -4.20. The van der Waals surface area contributed by atoms with Gasteiger partial charge >= 0.3 is 5.97 Å². The van der Waals surface area contributed by atoms with E-state index in [1.807, 2.05) is 13.8 Å². The average Bonchev–Trinajstić information content (AvgIpc) is 2.67. The molecule has 178 valence electrons. The number of aliphatic hydroxyl groups is 1. The van der Waals surface area contributed by atoms with E-state index >= 15 is 0 Å². The SMILES string of the molecule is CC(C)C[C@H](NC(=O)[C@H](C)NC(=O)[C@@H](N)C(C)C)C(=O)N[C@@H](CO)C(=O)NCC(=O)O. The molecule has 31 heavy (non-hydrogen) atoms. The van der Waals surface area contributed by atoms with Gasteiger partial charge in [-0.25, -0.2) is 0 Å². The first-order valence-corrected chi connectivity index (χ1v) is 10.1. The van der Waals surface area contributed by atoms with E-state index < -0.39 is 66.9 Å². The summed E-state index contributed by atoms with van der Waals surface area (Å²) in [4.78, 5) is 59.7. The fourth-order valence-electron chi connectivity index (χ4n) is 2.43. The van der Waals surface area contributed by atoms with Crippen LogP contribution in [0.1, 0.15) is 41.0 Å². The Morgan fingerprint density at radius 3 is 1.81 bits per heavy atom. The van der Waals surface area contributed by atoms with Crippen LogP contribution >= 0.6 is 0 Å². The molecule has 0 aromatic carbocycles. The van der Waals surface area contributed by atoms with E-state index in [1.165, 1.54) is 6.92 Å². The molecule has 0 bridgehead atoms. The lowest BCUT2D eigenvalue weighted by molar-refractivity contribution is -0.139. The first kappa shape index (κ1) is 28.3. The smallest absolute Gasteiger partial charge is 0.322 e. The van der Waals surface area contributed by atoms with Crippen LogP contribution in [0.4, 0.5) is 0 Å². The van der Waals surface area contributed by atoms with Gasteiger partial charge in [0.2, 0.25) is 23.6 Å². The predicted molar refractivity (Wildman–Crippen MR) is 111 cm³/mol. The lowest BCUT2D eigenvalue weighted by atomic mass is 10.0. The lowest BCUT2D eigenvalue weighted by Gasteiger charge is -2.25. The number of aliphatic hydroxyl groups excluding tert-OH is 1. The first-order valence-electron chi connectivity index (χ1n) is 10.1. The van der Waals surface area contributed by atoms with Crippen LogP contribution in [-0.4, -0.2) is 77.1 Å². The van der Waals surface area contributed by atoms with E-state index in [4.69, 9.17) is 10.8 Å². The van der Waals surface area contributed by atoms with Crippen LogP contribution < -0.4 is 27.0 Å². The highest BCUT2D eigenvalue weighted by molar-refractivity contribution is 5.95. The Kier molecular flexibility index (Phi) is 12.4. The van der Waals surface area contributed by atoms with Gasteiger partial charge in [-0.15, -0.1) is 0 Å². The number of nitrogens with two attached hydrogens (primary N) is 1. The van der Waals surface area contributed by atoms with Gasteiger partial charge in [0.15, 0.2) is 0 Å². The molecule has 0 unspecified atom stereocenters. The molecule has 0 aliphatic heterocycles. The molecule has 0 radical (unpaired) electrons. The highest BCUT2D eigenvalue weighted by atomic mass is 16.4. The molecule has 0 heterocycles. The van der Waals surface area contributed by atoms with Crippen LogP contribution in [0, 0.1) is 11.8 Å². The number of rotatable bonds is 13. The van der Waals surface area contributed by atoms with Gasteiger partial charge in [0.05, 0.1) is 12.6 Å². The number of nitrogens with one attached hydrogen (secondary N) is 4. The van der Waals surface area contributed by atoms with Crippen molar-refractivity contribution in [2.45, 2.75) is 65.2 Å². The second-order valence-electron chi connectivity index (χ2n) is 8.05. The summed E-state index contributed by atoms with van der Waals surface area (Å²) in [6.07, 6.45) is 0.221. The Morgan fingerprint density at radius 1 is 0.806 bits per heavy atom. The van der Waals surface area contributed by atoms with Crippen LogP contribution in [0.5, 0.6) is 0 Å². The second-order valence-corrected chi connectivity index (χ2v) is 8.05. The number of carboxylic acid groups (broad SMARTS) is 1. The minimum absolute atomic E-state index is 0.0104. The number of amides is 4. The summed E-state index contributed by atoms with van der Waals surface area (Å²) in [6.45, 7) is 7.18. The molecule has 8 N–H and O–H groups in total. The van der Waals surface area contributed by atoms with Gasteiger partial charge in [-0.1, -0.05) is 27.7 Å². The molecule has 0 saturated heterocycles. The van der Waals surface area contributed by atoms with Crippen LogP contribution in [0.25, 0.3) is 0 Å². The molecule has 0 fully saturated rings. The number of carbonyl (C=O) groups excluding carboxylic acids is 4. The Morgan fingerprint density at radius 2 is 1.35 bits per heavy atom. The molecule has 0 spiro atoms. The number of carbonyl (C=O) groups is 5. The molecule has 12 nitrogen and oxygen atoms in total. The third kappa shape index (κ3) is 10.7. The molecular formula is C19H35N5O7. The van der Waals surface area contributed by atoms with Crippen LogP contribution in [0.15, 0.2) is 0 Å². The molecule has 0 rings (SSSR count). The van der Waals surface area contributed by atoms with E-state index in [0.717, 1.165) is 0 Å². The van der Waals surface area contributed by atoms with Crippen LogP contribution in [-0.2, 0) is 24.0 Å². The van der Waals surface area contributed by atoms with Gasteiger partial charge in [0.25, 0.3) is 0 Å². The Balaban J connectivity index is 5.12. The molecule has 4 atom stereocenters. The summed E-state index contributed by atoms with van der Waals surface area (Å²) in [5.74, 6) is -4.16. The zero-order chi connectivity index (χ0) is 24.3. The summed E-state index contributed by atoms with van der Waals surface area (Å²) >= 11 is 0. The number of aliphatic carboxylic acids is 1. The van der Waals surface area contributed by atoms with E-state index in [-0.39, 0.29) is 18.3 Å². The molecule has 0 aliphatic carbocycles. The monoisotopic (exact) mass is 445 g/mol. The topological polar surface area (TPSA) is 200 Å². The second kappa shape index (κ2) is 13.5. The Hall–Kier alpha value is -2.73. The van der Waals surface area contributed by atoms with Gasteiger partial charge in [0, 0.05) is 0 Å². The fourth-order valence-corrected chi connectivity index (χ4v) is 2.43. The van der Waals surface area contributed by atoms with Gasteiger partial charge in [-0.05, 0) is 25.2 Å². The molecule has 0 aromatic heterocycles. The van der Waals surface area contributed by atoms with E-state index in [9.17, 15) is 29.1 Å². The molecule has 4 amide bonds. The minimum atomic E-state index is -1.39. The maximum absolute atomic E-state index is 12.6. The number of hydrogen-bond acceptors (Lipinski definition) is 7. The molecule has 12 heteroatoms. The van der Waals surface area contributed by atoms with E-state index in [1.54, 1.807) is 13.8 Å². The fraction of sp³-hybridized carbons (Fsp3) is 0.737. The normalized spacial score (nSPS) is 14.9. The third-order valence-electron chi connectivity index (χ3n) is 4.34. The van der Waals surface area contributed by atoms with Crippen molar-refractivity contribution in [2.75, 3.05) is 13.2 Å². The molecule has 0 aromatic rings. The van der Waals surface area contributed by atoms with Crippen molar-refractivity contribution in [1.82, 2.24) is 21.3 Å². The van der Waals surface area contributed by atoms with Gasteiger partial charge in [-0.2, -0.15) is 0 Å². The quantitative estimate of drug-likeness (QED) is 0.164. The Labute approximate surface area is 181 Å². The molecule has 0 saturated carbocycles. The summed E-state index contributed by atoms with van der Waals surface area (Å²) < 4.78 is 0. The lowest BCUT2D eigenvalue weighted by Crippen LogP contribution is -2.58. The van der Waals surface area contributed by atoms with Crippen LogP contribution in [0.3, 0.4) is 0 Å². The molecule has 0 aliphatic rings. The summed E-state index contributed by atoms with van der Waals surface area (Å²) in [5.41, 5.74) is 5.76. The Bertz CT molecular complexity index is 654. The van der Waals surface area contributed by atoms with Crippen molar-refractivity contribution in [1.29, 1.82) is 0 Å². The molecular weight excluding hydrogens is 410 g/mol. The van der Waals surface area contributed by atoms with Crippen molar-refractivity contribution in [3.05, 3.63) is 0 Å². The summed E-state index contributed by atoms with van der Waals surface area (Å²) in [7, 11) is 0. The van der Waals surface area contributed by atoms with Crippen molar-refractivity contribution in [3.8, 4) is 0 Å². The first-order chi connectivity index (χ1) is 14.3. The minimum Gasteiger partial charge on any atom is -0.480 e. The largest absolute Gasteiger partial charge is 0.480 e. The maximum Gasteiger partial charge on any atom is 0.322 e. The number of hydrogen-bond donors (Lipinski definition) is 7. The third-order valence-corrected chi connectivity index (χ3v) is 4.34.